The van der Waals surface area contributed by atoms with Gasteiger partial charge in [-0.05, 0) is 54.5 Å². The number of hydrogen-bond acceptors (Lipinski definition) is 5. The molecule has 1 aliphatic rings. The molecule has 236 valence electrons. The SMILES string of the molecule is CCCCN(CCCC)C(=O)COC(=O)CC1(CNC(=O)CCP(=O)(O)O)C[C@H]1c1ccc(-c2cc(Cl)ccc2F)cc1. The number of benzene rings is 2. The number of ether oxygens (including phenoxy) is 1. The minimum absolute atomic E-state index is 0.0572. The monoisotopic (exact) mass is 638 g/mol. The van der Waals surface area contributed by atoms with Crippen LogP contribution < -0.4 is 5.32 Å². The van der Waals surface area contributed by atoms with Gasteiger partial charge in [-0.25, -0.2) is 4.39 Å². The first-order valence-electron chi connectivity index (χ1n) is 14.7. The van der Waals surface area contributed by atoms with Gasteiger partial charge < -0.3 is 24.7 Å². The van der Waals surface area contributed by atoms with Crippen LogP contribution >= 0.6 is 19.2 Å². The van der Waals surface area contributed by atoms with Crippen LogP contribution in [0.3, 0.4) is 0 Å². The maximum absolute atomic E-state index is 14.4. The Morgan fingerprint density at radius 1 is 1.09 bits per heavy atom. The van der Waals surface area contributed by atoms with Gasteiger partial charge in [0.1, 0.15) is 5.82 Å². The van der Waals surface area contributed by atoms with Crippen LogP contribution in [0.1, 0.15) is 70.3 Å². The van der Waals surface area contributed by atoms with Crippen molar-refractivity contribution in [2.45, 2.75) is 64.7 Å². The molecule has 9 nitrogen and oxygen atoms in total. The summed E-state index contributed by atoms with van der Waals surface area (Å²) in [6.45, 7) is 5.03. The summed E-state index contributed by atoms with van der Waals surface area (Å²) in [5.41, 5.74) is 1.17. The van der Waals surface area contributed by atoms with Crippen LogP contribution in [0.5, 0.6) is 0 Å². The zero-order valence-corrected chi connectivity index (χ0v) is 26.3. The molecule has 0 bridgehead atoms. The first kappa shape index (κ1) is 34.7. The Morgan fingerprint density at radius 3 is 2.35 bits per heavy atom. The molecule has 43 heavy (non-hydrogen) atoms. The van der Waals surface area contributed by atoms with Gasteiger partial charge >= 0.3 is 13.6 Å². The number of amides is 2. The second-order valence-electron chi connectivity index (χ2n) is 11.2. The zero-order valence-electron chi connectivity index (χ0n) is 24.7. The average Bonchev–Trinajstić information content (AvgIpc) is 3.68. The lowest BCUT2D eigenvalue weighted by molar-refractivity contribution is -0.153. The highest BCUT2D eigenvalue weighted by atomic mass is 35.5. The molecule has 2 aromatic rings. The number of rotatable bonds is 17. The number of nitrogens with zero attached hydrogens (tertiary/aromatic N) is 1. The molecule has 2 atom stereocenters. The lowest BCUT2D eigenvalue weighted by Gasteiger charge is -2.23. The Hall–Kier alpha value is -2.78. The molecule has 0 radical (unpaired) electrons. The summed E-state index contributed by atoms with van der Waals surface area (Å²) in [7, 11) is -4.34. The number of hydrogen-bond donors (Lipinski definition) is 3. The van der Waals surface area contributed by atoms with Crippen LogP contribution in [-0.4, -0.2) is 64.9 Å². The summed E-state index contributed by atoms with van der Waals surface area (Å²) >= 11 is 6.05. The maximum Gasteiger partial charge on any atom is 0.326 e. The molecule has 0 aliphatic heterocycles. The van der Waals surface area contributed by atoms with Crippen molar-refractivity contribution in [2.24, 2.45) is 5.41 Å². The summed E-state index contributed by atoms with van der Waals surface area (Å²) in [5.74, 6) is -1.89. The number of carbonyl (C=O) groups excluding carboxylic acids is 3. The van der Waals surface area contributed by atoms with E-state index in [1.807, 2.05) is 26.0 Å². The van der Waals surface area contributed by atoms with Crippen molar-refractivity contribution in [2.75, 3.05) is 32.4 Å². The molecule has 1 fully saturated rings. The Morgan fingerprint density at radius 2 is 1.74 bits per heavy atom. The van der Waals surface area contributed by atoms with Gasteiger partial charge in [0, 0.05) is 42.1 Å². The maximum atomic E-state index is 14.4. The van der Waals surface area contributed by atoms with E-state index in [1.165, 1.54) is 12.1 Å². The van der Waals surface area contributed by atoms with Gasteiger partial charge in [0.05, 0.1) is 12.6 Å². The summed E-state index contributed by atoms with van der Waals surface area (Å²) in [6, 6.07) is 11.5. The fraction of sp³-hybridized carbons (Fsp3) is 0.516. The van der Waals surface area contributed by atoms with E-state index in [9.17, 15) is 23.3 Å². The fourth-order valence-corrected chi connectivity index (χ4v) is 5.79. The summed E-state index contributed by atoms with van der Waals surface area (Å²) < 4.78 is 31.0. The number of unbranched alkanes of at least 4 members (excludes halogenated alkanes) is 2. The Bertz CT molecular complexity index is 1310. The van der Waals surface area contributed by atoms with Gasteiger partial charge in [0.25, 0.3) is 5.91 Å². The van der Waals surface area contributed by atoms with Crippen molar-refractivity contribution in [1.82, 2.24) is 10.2 Å². The predicted molar refractivity (Wildman–Crippen MR) is 163 cm³/mol. The molecule has 2 amide bonds. The van der Waals surface area contributed by atoms with E-state index in [4.69, 9.17) is 26.1 Å². The largest absolute Gasteiger partial charge is 0.456 e. The van der Waals surface area contributed by atoms with Crippen molar-refractivity contribution in [3.8, 4) is 11.1 Å². The van der Waals surface area contributed by atoms with Crippen molar-refractivity contribution in [3.63, 3.8) is 0 Å². The van der Waals surface area contributed by atoms with E-state index in [2.05, 4.69) is 5.32 Å². The van der Waals surface area contributed by atoms with E-state index in [-0.39, 0.29) is 37.8 Å². The smallest absolute Gasteiger partial charge is 0.326 e. The lowest BCUT2D eigenvalue weighted by Crippen LogP contribution is -2.37. The third-order valence-electron chi connectivity index (χ3n) is 7.78. The molecule has 0 aromatic heterocycles. The average molecular weight is 639 g/mol. The summed E-state index contributed by atoms with van der Waals surface area (Å²) in [5, 5.41) is 3.12. The van der Waals surface area contributed by atoms with Gasteiger partial charge in [-0.1, -0.05) is 62.6 Å². The molecule has 0 saturated heterocycles. The normalized spacial score (nSPS) is 17.8. The van der Waals surface area contributed by atoms with Gasteiger partial charge in [-0.15, -0.1) is 0 Å². The van der Waals surface area contributed by atoms with E-state index >= 15 is 0 Å². The van der Waals surface area contributed by atoms with Crippen molar-refractivity contribution in [3.05, 3.63) is 58.9 Å². The Kier molecular flexibility index (Phi) is 12.8. The predicted octanol–water partition coefficient (Wildman–Crippen LogP) is 5.67. The van der Waals surface area contributed by atoms with Gasteiger partial charge in [0.15, 0.2) is 6.61 Å². The van der Waals surface area contributed by atoms with Crippen LogP contribution in [0, 0.1) is 11.2 Å². The molecule has 0 heterocycles. The van der Waals surface area contributed by atoms with E-state index in [0.29, 0.717) is 35.7 Å². The van der Waals surface area contributed by atoms with Gasteiger partial charge in [-0.2, -0.15) is 0 Å². The molecule has 0 spiro atoms. The number of halogens is 2. The first-order chi connectivity index (χ1) is 20.4. The minimum Gasteiger partial charge on any atom is -0.456 e. The third-order valence-corrected chi connectivity index (χ3v) is 8.82. The molecule has 1 unspecified atom stereocenters. The zero-order chi connectivity index (χ0) is 31.6. The van der Waals surface area contributed by atoms with Crippen LogP contribution in [0.2, 0.25) is 5.02 Å². The van der Waals surface area contributed by atoms with Gasteiger partial charge in [-0.3, -0.25) is 18.9 Å². The van der Waals surface area contributed by atoms with E-state index < -0.39 is 36.9 Å². The van der Waals surface area contributed by atoms with Crippen molar-refractivity contribution < 1.29 is 37.9 Å². The summed E-state index contributed by atoms with van der Waals surface area (Å²) in [6.07, 6.45) is 3.15. The van der Waals surface area contributed by atoms with E-state index in [1.54, 1.807) is 23.1 Å². The minimum atomic E-state index is -4.34. The molecule has 3 N–H and O–H groups in total. The molecule has 3 rings (SSSR count). The Balaban J connectivity index is 1.70. The van der Waals surface area contributed by atoms with Crippen LogP contribution in [0.25, 0.3) is 11.1 Å². The topological polar surface area (TPSA) is 133 Å². The highest BCUT2D eigenvalue weighted by Gasteiger charge is 2.56. The third kappa shape index (κ3) is 10.7. The molecule has 12 heteroatoms. The van der Waals surface area contributed by atoms with Gasteiger partial charge in [0.2, 0.25) is 5.91 Å². The molecular formula is C31H41ClFN2O7P. The molecule has 2 aromatic carbocycles. The quantitative estimate of drug-likeness (QED) is 0.150. The number of carbonyl (C=O) groups is 3. The van der Waals surface area contributed by atoms with Crippen LogP contribution in [0.4, 0.5) is 4.39 Å². The second-order valence-corrected chi connectivity index (χ2v) is 13.4. The lowest BCUT2D eigenvalue weighted by atomic mass is 9.94. The number of esters is 1. The van der Waals surface area contributed by atoms with Crippen LogP contribution in [-0.2, 0) is 23.7 Å². The second kappa shape index (κ2) is 15.8. The highest BCUT2D eigenvalue weighted by molar-refractivity contribution is 7.51. The summed E-state index contributed by atoms with van der Waals surface area (Å²) in [4.78, 5) is 58.0. The molecular weight excluding hydrogens is 598 g/mol. The fourth-order valence-electron chi connectivity index (χ4n) is 5.13. The standard InChI is InChI=1S/C31H41ClFN2O7P/c1-3-5-14-35(15-6-4-2)29(37)20-42-30(38)19-31(21-34-28(36)13-16-43(39,40)41)18-26(31)23-9-7-22(8-10-23)25-17-24(32)11-12-27(25)33/h7-12,17,26H,3-6,13-16,18-21H2,1-2H3,(H,34,36)(H2,39,40,41)/t26-,31?/m0/s1. The van der Waals surface area contributed by atoms with Crippen molar-refractivity contribution >= 4 is 37.0 Å². The van der Waals surface area contributed by atoms with Crippen LogP contribution in [0.15, 0.2) is 42.5 Å². The number of nitrogens with one attached hydrogen (secondary N) is 1. The molecule has 1 aliphatic carbocycles. The van der Waals surface area contributed by atoms with Crippen molar-refractivity contribution in [1.29, 1.82) is 0 Å². The van der Waals surface area contributed by atoms with E-state index in [0.717, 1.165) is 31.2 Å². The Labute approximate surface area is 257 Å². The first-order valence-corrected chi connectivity index (χ1v) is 16.8. The highest BCUT2D eigenvalue weighted by Crippen LogP contribution is 2.61. The molecule has 1 saturated carbocycles.